The third kappa shape index (κ3) is 8.70. The van der Waals surface area contributed by atoms with Crippen LogP contribution in [0, 0.1) is 5.82 Å². The molecule has 2 aromatic carbocycles. The summed E-state index contributed by atoms with van der Waals surface area (Å²) in [6.45, 7) is 2.56. The lowest BCUT2D eigenvalue weighted by Crippen LogP contribution is -2.35. The number of nitrogens with one attached hydrogen (secondary N) is 1. The number of aromatic nitrogens is 2. The Bertz CT molecular complexity index is 1090. The van der Waals surface area contributed by atoms with Crippen molar-refractivity contribution < 1.29 is 9.13 Å². The zero-order valence-corrected chi connectivity index (χ0v) is 22.6. The summed E-state index contributed by atoms with van der Waals surface area (Å²) in [5.74, 6) is 1.27. The number of rotatable bonds is 8. The number of imidazole rings is 1. The van der Waals surface area contributed by atoms with E-state index in [0.29, 0.717) is 17.9 Å². The van der Waals surface area contributed by atoms with Crippen LogP contribution in [0.5, 0.6) is 0 Å². The number of guanidine groups is 1. The molecule has 1 atom stereocenters. The molecular formula is C23H32Cl3FN6OS. The molecule has 1 saturated heterocycles. The van der Waals surface area contributed by atoms with Crippen LogP contribution in [0.4, 0.5) is 4.39 Å². The largest absolute Gasteiger partial charge is 0.370 e. The molecule has 0 radical (unpaired) electrons. The van der Waals surface area contributed by atoms with Gasteiger partial charge in [-0.1, -0.05) is 12.1 Å². The van der Waals surface area contributed by atoms with Gasteiger partial charge in [0.25, 0.3) is 0 Å². The summed E-state index contributed by atoms with van der Waals surface area (Å²) in [6, 6.07) is 12.8. The molecule has 1 aromatic heterocycles. The first-order valence-electron chi connectivity index (χ1n) is 10.8. The molecule has 12 heteroatoms. The first kappa shape index (κ1) is 31.3. The van der Waals surface area contributed by atoms with Crippen molar-refractivity contribution in [1.29, 1.82) is 0 Å². The van der Waals surface area contributed by atoms with Crippen molar-refractivity contribution in [2.45, 2.75) is 29.9 Å². The quantitative estimate of drug-likeness (QED) is 0.160. The van der Waals surface area contributed by atoms with Gasteiger partial charge in [-0.05, 0) is 55.8 Å². The van der Waals surface area contributed by atoms with Gasteiger partial charge in [0.2, 0.25) is 0 Å². The molecule has 0 spiro atoms. The van der Waals surface area contributed by atoms with Gasteiger partial charge in [-0.25, -0.2) is 9.37 Å². The lowest BCUT2D eigenvalue weighted by Gasteiger charge is -2.31. The van der Waals surface area contributed by atoms with Crippen LogP contribution in [0.25, 0.3) is 11.0 Å². The molecule has 194 valence electrons. The van der Waals surface area contributed by atoms with E-state index >= 15 is 0 Å². The van der Waals surface area contributed by atoms with Crippen molar-refractivity contribution in [2.24, 2.45) is 16.5 Å². The fourth-order valence-electron chi connectivity index (χ4n) is 3.85. The van der Waals surface area contributed by atoms with E-state index in [0.717, 1.165) is 47.7 Å². The number of hydrogen-bond acceptors (Lipinski definition) is 5. The zero-order chi connectivity index (χ0) is 22.5. The highest BCUT2D eigenvalue weighted by molar-refractivity contribution is 7.99. The van der Waals surface area contributed by atoms with Crippen molar-refractivity contribution in [3.63, 3.8) is 0 Å². The summed E-state index contributed by atoms with van der Waals surface area (Å²) >= 11 is 1.68. The number of aromatic amines is 1. The number of thioether (sulfide) groups is 1. The van der Waals surface area contributed by atoms with E-state index in [4.69, 9.17) is 21.2 Å². The van der Waals surface area contributed by atoms with E-state index in [1.165, 1.54) is 12.1 Å². The summed E-state index contributed by atoms with van der Waals surface area (Å²) < 4.78 is 20.3. The van der Waals surface area contributed by atoms with Crippen molar-refractivity contribution in [2.75, 3.05) is 32.4 Å². The van der Waals surface area contributed by atoms with Crippen LogP contribution in [0.3, 0.4) is 0 Å². The highest BCUT2D eigenvalue weighted by Crippen LogP contribution is 2.32. The number of nitrogens with zero attached hydrogens (tertiary/aromatic N) is 3. The highest BCUT2D eigenvalue weighted by Gasteiger charge is 2.26. The molecule has 3 aromatic rings. The Morgan fingerprint density at radius 1 is 1.20 bits per heavy atom. The molecule has 4 rings (SSSR count). The second kappa shape index (κ2) is 14.7. The fourth-order valence-corrected chi connectivity index (χ4v) is 4.66. The Kier molecular flexibility index (Phi) is 13.2. The number of benzene rings is 2. The lowest BCUT2D eigenvalue weighted by atomic mass is 10.1. The minimum atomic E-state index is -0.364. The van der Waals surface area contributed by atoms with Crippen LogP contribution in [0.15, 0.2) is 52.4 Å². The Hall–Kier alpha value is -1.75. The molecule has 1 aliphatic rings. The number of fused-ring (bicyclic) bond motifs is 1. The summed E-state index contributed by atoms with van der Waals surface area (Å²) in [7, 11) is 2.13. The first-order chi connectivity index (χ1) is 15.5. The van der Waals surface area contributed by atoms with E-state index in [-0.39, 0.29) is 61.2 Å². The first-order valence-corrected chi connectivity index (χ1v) is 11.7. The number of halogens is 4. The molecule has 0 bridgehead atoms. The van der Waals surface area contributed by atoms with E-state index in [1.807, 2.05) is 12.1 Å². The number of likely N-dealkylation sites (tertiary alicyclic amines) is 1. The Labute approximate surface area is 227 Å². The van der Waals surface area contributed by atoms with Gasteiger partial charge in [0.05, 0.1) is 23.7 Å². The molecule has 2 heterocycles. The normalized spacial score (nSPS) is 14.9. The SMILES string of the molecule is CN1CCC(OC(c2cccc(SCCN=C(N)N)c2)c2nc3ccc(F)cc3[nH]2)CC1.Cl.Cl.Cl. The summed E-state index contributed by atoms with van der Waals surface area (Å²) in [4.78, 5) is 15.5. The molecule has 1 unspecified atom stereocenters. The molecule has 1 aliphatic heterocycles. The maximum atomic E-state index is 13.7. The molecule has 0 saturated carbocycles. The average molecular weight is 566 g/mol. The van der Waals surface area contributed by atoms with Gasteiger partial charge in [-0.15, -0.1) is 49.0 Å². The predicted octanol–water partition coefficient (Wildman–Crippen LogP) is 4.53. The second-order valence-electron chi connectivity index (χ2n) is 8.03. The third-order valence-corrected chi connectivity index (χ3v) is 6.49. The standard InChI is InChI=1S/C23H29FN6OS.3ClH/c1-30-10-7-17(8-11-30)31-21(22-28-19-6-5-16(24)14-20(19)29-22)15-3-2-4-18(13-15)32-12-9-27-23(25)26;;;/h2-6,13-14,17,21H,7-12H2,1H3,(H,28,29)(H4,25,26,27);3*1H. The number of hydrogen-bond donors (Lipinski definition) is 3. The number of ether oxygens (including phenoxy) is 1. The number of piperidine rings is 1. The smallest absolute Gasteiger partial charge is 0.185 e. The molecule has 35 heavy (non-hydrogen) atoms. The van der Waals surface area contributed by atoms with Crippen LogP contribution >= 0.6 is 49.0 Å². The summed E-state index contributed by atoms with van der Waals surface area (Å²) in [6.07, 6.45) is 1.71. The molecule has 7 nitrogen and oxygen atoms in total. The highest BCUT2D eigenvalue weighted by atomic mass is 35.5. The molecule has 5 N–H and O–H groups in total. The molecule has 1 fully saturated rings. The van der Waals surface area contributed by atoms with Gasteiger partial charge < -0.3 is 26.1 Å². The van der Waals surface area contributed by atoms with Crippen molar-refractivity contribution in [3.8, 4) is 0 Å². The second-order valence-corrected chi connectivity index (χ2v) is 9.20. The Morgan fingerprint density at radius 2 is 1.94 bits per heavy atom. The molecule has 0 aliphatic carbocycles. The lowest BCUT2D eigenvalue weighted by molar-refractivity contribution is -0.0264. The monoisotopic (exact) mass is 564 g/mol. The van der Waals surface area contributed by atoms with E-state index in [1.54, 1.807) is 17.8 Å². The van der Waals surface area contributed by atoms with Gasteiger partial charge >= 0.3 is 0 Å². The molecular weight excluding hydrogens is 534 g/mol. The van der Waals surface area contributed by atoms with Crippen LogP contribution < -0.4 is 11.5 Å². The number of H-pyrrole nitrogens is 1. The van der Waals surface area contributed by atoms with Crippen molar-refractivity contribution in [1.82, 2.24) is 14.9 Å². The fraction of sp³-hybridized carbons (Fsp3) is 0.391. The maximum Gasteiger partial charge on any atom is 0.185 e. The van der Waals surface area contributed by atoms with Gasteiger partial charge in [-0.2, -0.15) is 0 Å². The van der Waals surface area contributed by atoms with Crippen LogP contribution in [-0.2, 0) is 4.74 Å². The average Bonchev–Trinajstić information content (AvgIpc) is 3.19. The Morgan fingerprint density at radius 3 is 2.66 bits per heavy atom. The Balaban J connectivity index is 0.00000204. The van der Waals surface area contributed by atoms with Gasteiger partial charge in [-0.3, -0.25) is 4.99 Å². The third-order valence-electron chi connectivity index (χ3n) is 5.52. The van der Waals surface area contributed by atoms with Crippen LogP contribution in [-0.4, -0.2) is 59.4 Å². The van der Waals surface area contributed by atoms with E-state index in [9.17, 15) is 4.39 Å². The van der Waals surface area contributed by atoms with Crippen molar-refractivity contribution >= 4 is 66.0 Å². The maximum absolute atomic E-state index is 13.7. The predicted molar refractivity (Wildman–Crippen MR) is 149 cm³/mol. The number of aliphatic imine (C=N–C) groups is 1. The summed E-state index contributed by atoms with van der Waals surface area (Å²) in [5, 5.41) is 0. The topological polar surface area (TPSA) is 106 Å². The van der Waals surface area contributed by atoms with Gasteiger partial charge in [0.1, 0.15) is 17.7 Å². The van der Waals surface area contributed by atoms with E-state index in [2.05, 4.69) is 34.1 Å². The van der Waals surface area contributed by atoms with E-state index < -0.39 is 0 Å². The van der Waals surface area contributed by atoms with Gasteiger partial charge in [0, 0.05) is 23.7 Å². The summed E-state index contributed by atoms with van der Waals surface area (Å²) in [5.41, 5.74) is 13.2. The minimum Gasteiger partial charge on any atom is -0.370 e. The van der Waals surface area contributed by atoms with Crippen LogP contribution in [0.2, 0.25) is 0 Å². The zero-order valence-electron chi connectivity index (χ0n) is 19.4. The molecule has 0 amide bonds. The number of nitrogens with two attached hydrogens (primary N) is 2. The van der Waals surface area contributed by atoms with Crippen molar-refractivity contribution in [3.05, 3.63) is 59.7 Å². The van der Waals surface area contributed by atoms with Crippen LogP contribution in [0.1, 0.15) is 30.3 Å². The van der Waals surface area contributed by atoms with Gasteiger partial charge in [0.15, 0.2) is 5.96 Å². The minimum absolute atomic E-state index is 0.